The van der Waals surface area contributed by atoms with E-state index in [1.807, 2.05) is 6.07 Å². The molecule has 1 unspecified atom stereocenters. The van der Waals surface area contributed by atoms with Gasteiger partial charge < -0.3 is 20.5 Å². The third-order valence-electron chi connectivity index (χ3n) is 2.95. The molecule has 0 spiro atoms. The van der Waals surface area contributed by atoms with Gasteiger partial charge in [-0.1, -0.05) is 12.1 Å². The summed E-state index contributed by atoms with van der Waals surface area (Å²) < 4.78 is 10.2. The summed E-state index contributed by atoms with van der Waals surface area (Å²) in [7, 11) is 0. The molecule has 0 bridgehead atoms. The van der Waals surface area contributed by atoms with Gasteiger partial charge in [-0.05, 0) is 51.8 Å². The van der Waals surface area contributed by atoms with E-state index in [0.717, 1.165) is 5.56 Å². The number of amides is 1. The molecule has 6 heteroatoms. The molecule has 0 aliphatic heterocycles. The molecule has 128 valence electrons. The monoisotopic (exact) mass is 322 g/mol. The maximum Gasteiger partial charge on any atom is 0.408 e. The number of ether oxygens (including phenoxy) is 2. The van der Waals surface area contributed by atoms with Crippen molar-refractivity contribution in [2.75, 3.05) is 12.3 Å². The van der Waals surface area contributed by atoms with Gasteiger partial charge in [-0.3, -0.25) is 4.79 Å². The zero-order valence-electron chi connectivity index (χ0n) is 14.2. The van der Waals surface area contributed by atoms with Crippen LogP contribution in [-0.2, 0) is 14.3 Å². The van der Waals surface area contributed by atoms with Crippen LogP contribution < -0.4 is 11.1 Å². The van der Waals surface area contributed by atoms with E-state index in [9.17, 15) is 9.59 Å². The zero-order valence-corrected chi connectivity index (χ0v) is 14.2. The number of nitrogen functional groups attached to an aromatic ring is 1. The number of esters is 1. The normalized spacial score (nSPS) is 12.3. The molecule has 1 amide bonds. The van der Waals surface area contributed by atoms with E-state index in [4.69, 9.17) is 15.2 Å². The van der Waals surface area contributed by atoms with Gasteiger partial charge in [-0.15, -0.1) is 0 Å². The van der Waals surface area contributed by atoms with Gasteiger partial charge in [0.2, 0.25) is 0 Å². The highest BCUT2D eigenvalue weighted by molar-refractivity contribution is 5.70. The Bertz CT molecular complexity index is 538. The summed E-state index contributed by atoms with van der Waals surface area (Å²) in [4.78, 5) is 23.6. The highest BCUT2D eigenvalue weighted by Gasteiger charge is 2.21. The number of carbonyl (C=O) groups excluding carboxylic acids is 2. The average Bonchev–Trinajstić information content (AvgIpc) is 2.41. The van der Waals surface area contributed by atoms with Crippen LogP contribution in [0.25, 0.3) is 0 Å². The average molecular weight is 322 g/mol. The molecule has 1 rings (SSSR count). The van der Waals surface area contributed by atoms with Crippen LogP contribution in [0.4, 0.5) is 10.5 Å². The first kappa shape index (κ1) is 18.8. The molecule has 23 heavy (non-hydrogen) atoms. The molecule has 3 N–H and O–H groups in total. The summed E-state index contributed by atoms with van der Waals surface area (Å²) in [6.07, 6.45) is 0.0683. The topological polar surface area (TPSA) is 90.6 Å². The van der Waals surface area contributed by atoms with Gasteiger partial charge >= 0.3 is 12.1 Å². The van der Waals surface area contributed by atoms with Crippen molar-refractivity contribution in [3.05, 3.63) is 29.8 Å². The van der Waals surface area contributed by atoms with Crippen LogP contribution >= 0.6 is 0 Å². The third kappa shape index (κ3) is 7.54. The van der Waals surface area contributed by atoms with E-state index in [0.29, 0.717) is 18.7 Å². The van der Waals surface area contributed by atoms with Crippen molar-refractivity contribution in [1.82, 2.24) is 5.32 Å². The van der Waals surface area contributed by atoms with E-state index < -0.39 is 11.7 Å². The van der Waals surface area contributed by atoms with E-state index in [1.165, 1.54) is 0 Å². The zero-order chi connectivity index (χ0) is 17.5. The largest absolute Gasteiger partial charge is 0.466 e. The smallest absolute Gasteiger partial charge is 0.408 e. The summed E-state index contributed by atoms with van der Waals surface area (Å²) in [6, 6.07) is 6.81. The predicted octanol–water partition coefficient (Wildman–Crippen LogP) is 3.18. The fourth-order valence-corrected chi connectivity index (χ4v) is 2.04. The Kier molecular flexibility index (Phi) is 6.88. The van der Waals surface area contributed by atoms with Crippen LogP contribution in [0.3, 0.4) is 0 Å². The van der Waals surface area contributed by atoms with Gasteiger partial charge in [0.1, 0.15) is 5.60 Å². The maximum absolute atomic E-state index is 12.0. The molecule has 0 saturated carbocycles. The van der Waals surface area contributed by atoms with Crippen LogP contribution in [0.1, 0.15) is 52.1 Å². The van der Waals surface area contributed by atoms with Crippen molar-refractivity contribution in [3.8, 4) is 0 Å². The number of rotatable bonds is 6. The first-order valence-electron chi connectivity index (χ1n) is 7.72. The number of hydrogen-bond donors (Lipinski definition) is 2. The number of hydrogen-bond acceptors (Lipinski definition) is 5. The Labute approximate surface area is 137 Å². The first-order chi connectivity index (χ1) is 10.7. The first-order valence-corrected chi connectivity index (χ1v) is 7.72. The quantitative estimate of drug-likeness (QED) is 0.620. The van der Waals surface area contributed by atoms with Crippen molar-refractivity contribution >= 4 is 17.7 Å². The number of carbonyl (C=O) groups is 2. The molecular weight excluding hydrogens is 296 g/mol. The van der Waals surface area contributed by atoms with Crippen molar-refractivity contribution in [2.24, 2.45) is 0 Å². The Balaban J connectivity index is 2.80. The number of alkyl carbamates (subject to hydrolysis) is 1. The summed E-state index contributed by atoms with van der Waals surface area (Å²) in [6.45, 7) is 7.47. The lowest BCUT2D eigenvalue weighted by atomic mass is 10.0. The van der Waals surface area contributed by atoms with E-state index in [-0.39, 0.29) is 18.4 Å². The lowest BCUT2D eigenvalue weighted by Crippen LogP contribution is -2.35. The van der Waals surface area contributed by atoms with Gasteiger partial charge in [0.15, 0.2) is 0 Å². The highest BCUT2D eigenvalue weighted by Crippen LogP contribution is 2.22. The standard InChI is InChI=1S/C17H26N2O4/c1-5-22-15(20)10-9-14(12-7-6-8-13(18)11-12)19-16(21)23-17(2,3)4/h6-8,11,14H,5,9-10,18H2,1-4H3,(H,19,21). The van der Waals surface area contributed by atoms with E-state index in [1.54, 1.807) is 45.9 Å². The Morgan fingerprint density at radius 1 is 1.30 bits per heavy atom. The minimum absolute atomic E-state index is 0.198. The molecule has 0 aliphatic carbocycles. The molecule has 1 atom stereocenters. The molecule has 0 aliphatic rings. The van der Waals surface area contributed by atoms with E-state index >= 15 is 0 Å². The molecule has 0 heterocycles. The van der Waals surface area contributed by atoms with E-state index in [2.05, 4.69) is 5.32 Å². The summed E-state index contributed by atoms with van der Waals surface area (Å²) in [5.74, 6) is -0.299. The molecule has 6 nitrogen and oxygen atoms in total. The lowest BCUT2D eigenvalue weighted by Gasteiger charge is -2.24. The maximum atomic E-state index is 12.0. The van der Waals surface area contributed by atoms with Crippen LogP contribution in [0.5, 0.6) is 0 Å². The second kappa shape index (κ2) is 8.41. The molecule has 1 aromatic carbocycles. The van der Waals surface area contributed by atoms with Crippen LogP contribution in [0, 0.1) is 0 Å². The van der Waals surface area contributed by atoms with Gasteiger partial charge in [-0.25, -0.2) is 4.79 Å². The van der Waals surface area contributed by atoms with Crippen molar-refractivity contribution < 1.29 is 19.1 Å². The Hall–Kier alpha value is -2.24. The van der Waals surface area contributed by atoms with Crippen molar-refractivity contribution in [2.45, 2.75) is 52.2 Å². The highest BCUT2D eigenvalue weighted by atomic mass is 16.6. The van der Waals surface area contributed by atoms with Gasteiger partial charge in [0, 0.05) is 12.1 Å². The van der Waals surface area contributed by atoms with Crippen molar-refractivity contribution in [1.29, 1.82) is 0 Å². The van der Waals surface area contributed by atoms with Gasteiger partial charge in [0.25, 0.3) is 0 Å². The molecule has 1 aromatic rings. The lowest BCUT2D eigenvalue weighted by molar-refractivity contribution is -0.143. The second-order valence-electron chi connectivity index (χ2n) is 6.21. The van der Waals surface area contributed by atoms with Crippen LogP contribution in [0.15, 0.2) is 24.3 Å². The summed E-state index contributed by atoms with van der Waals surface area (Å²) in [5.41, 5.74) is 6.62. The minimum atomic E-state index is -0.592. The van der Waals surface area contributed by atoms with Crippen LogP contribution in [-0.4, -0.2) is 24.3 Å². The summed E-state index contributed by atoms with van der Waals surface area (Å²) >= 11 is 0. The van der Waals surface area contributed by atoms with Gasteiger partial charge in [0.05, 0.1) is 12.6 Å². The number of nitrogens with two attached hydrogens (primary N) is 1. The Morgan fingerprint density at radius 3 is 2.57 bits per heavy atom. The second-order valence-corrected chi connectivity index (χ2v) is 6.21. The molecule has 0 saturated heterocycles. The number of benzene rings is 1. The minimum Gasteiger partial charge on any atom is -0.466 e. The van der Waals surface area contributed by atoms with Crippen LogP contribution in [0.2, 0.25) is 0 Å². The SMILES string of the molecule is CCOC(=O)CCC(NC(=O)OC(C)(C)C)c1cccc(N)c1. The Morgan fingerprint density at radius 2 is 2.00 bits per heavy atom. The fraction of sp³-hybridized carbons (Fsp3) is 0.529. The summed E-state index contributed by atoms with van der Waals surface area (Å²) in [5, 5.41) is 2.79. The fourth-order valence-electron chi connectivity index (χ4n) is 2.04. The van der Waals surface area contributed by atoms with Crippen molar-refractivity contribution in [3.63, 3.8) is 0 Å². The predicted molar refractivity (Wildman–Crippen MR) is 88.8 cm³/mol. The molecule has 0 aromatic heterocycles. The molecule has 0 fully saturated rings. The molecular formula is C17H26N2O4. The van der Waals surface area contributed by atoms with Gasteiger partial charge in [-0.2, -0.15) is 0 Å². The number of nitrogens with one attached hydrogen (secondary N) is 1. The molecule has 0 radical (unpaired) electrons. The third-order valence-corrected chi connectivity index (χ3v) is 2.95. The number of anilines is 1.